The van der Waals surface area contributed by atoms with Gasteiger partial charge in [0.2, 0.25) is 5.91 Å². The number of benzene rings is 1. The van der Waals surface area contributed by atoms with E-state index in [1.165, 1.54) is 11.3 Å². The zero-order chi connectivity index (χ0) is 24.2. The Hall–Kier alpha value is -2.26. The second-order valence-corrected chi connectivity index (χ2v) is 11.1. The Morgan fingerprint density at radius 2 is 1.89 bits per heavy atom. The summed E-state index contributed by atoms with van der Waals surface area (Å²) in [5.74, 6) is 0.799. The molecule has 8 heteroatoms. The van der Waals surface area contributed by atoms with Crippen molar-refractivity contribution >= 4 is 28.2 Å². The molecule has 6 rings (SSSR count). The van der Waals surface area contributed by atoms with Gasteiger partial charge in [0, 0.05) is 62.6 Å². The number of carbonyl (C=O) groups excluding carboxylic acids is 1. The number of fused-ring (bicyclic) bond motifs is 1. The van der Waals surface area contributed by atoms with Gasteiger partial charge in [0.1, 0.15) is 5.82 Å². The summed E-state index contributed by atoms with van der Waals surface area (Å²) in [6.07, 6.45) is 4.36. The van der Waals surface area contributed by atoms with Crippen LogP contribution in [0.3, 0.4) is 0 Å². The number of carbonyl (C=O) groups is 1. The van der Waals surface area contributed by atoms with E-state index >= 15 is 0 Å². The number of aliphatic hydroxyl groups is 1. The monoisotopic (exact) mass is 480 g/mol. The third kappa shape index (κ3) is 4.10. The molecule has 1 spiro atoms. The summed E-state index contributed by atoms with van der Waals surface area (Å²) in [6.45, 7) is 10.4. The molecule has 1 aliphatic carbocycles. The van der Waals surface area contributed by atoms with Crippen LogP contribution in [0.4, 0.5) is 11.5 Å². The third-order valence-electron chi connectivity index (χ3n) is 9.01. The van der Waals surface area contributed by atoms with Crippen molar-refractivity contribution in [3.05, 3.63) is 30.0 Å². The minimum atomic E-state index is -0.436. The highest BCUT2D eigenvalue weighted by Crippen LogP contribution is 2.59. The fourth-order valence-electron chi connectivity index (χ4n) is 6.38. The first kappa shape index (κ1) is 23.2. The molecule has 35 heavy (non-hydrogen) atoms. The number of ether oxygens (including phenoxy) is 2. The van der Waals surface area contributed by atoms with E-state index in [9.17, 15) is 9.90 Å². The predicted octanol–water partition coefficient (Wildman–Crippen LogP) is 2.57. The number of aryl methyl sites for hydroxylation is 1. The van der Waals surface area contributed by atoms with Crippen LogP contribution in [0.5, 0.6) is 0 Å². The summed E-state index contributed by atoms with van der Waals surface area (Å²) < 4.78 is 11.0. The molecule has 1 saturated carbocycles. The maximum atomic E-state index is 12.9. The van der Waals surface area contributed by atoms with Crippen molar-refractivity contribution < 1.29 is 19.4 Å². The van der Waals surface area contributed by atoms with E-state index in [0.29, 0.717) is 19.0 Å². The molecule has 0 bridgehead atoms. The van der Waals surface area contributed by atoms with Gasteiger partial charge in [-0.15, -0.1) is 0 Å². The molecule has 4 fully saturated rings. The Balaban J connectivity index is 1.15. The number of pyridine rings is 1. The molecule has 2 aromatic rings. The average Bonchev–Trinajstić information content (AvgIpc) is 3.44. The standard InChI is InChI=1S/C27H36N4O4/c1-18-11-20-15-28-24(29-25(33)21-14-27(21)3-9-34-10-4-27)13-19(20)12-22(18)30-5-7-31(8-6-30)26(2)17-35-16-23(26)32/h11-13,15,21,23,32H,3-10,14,16-17H2,1-2H3,(H,28,29,33)/t21?,23-,26+/m1/s1. The molecule has 4 aliphatic rings. The number of aliphatic hydroxyl groups excluding tert-OH is 1. The molecule has 188 valence electrons. The zero-order valence-electron chi connectivity index (χ0n) is 20.8. The molecular formula is C27H36N4O4. The Morgan fingerprint density at radius 1 is 1.11 bits per heavy atom. The van der Waals surface area contributed by atoms with Gasteiger partial charge in [0.15, 0.2) is 0 Å². The van der Waals surface area contributed by atoms with E-state index in [4.69, 9.17) is 9.47 Å². The highest BCUT2D eigenvalue weighted by molar-refractivity contribution is 5.97. The lowest BCUT2D eigenvalue weighted by atomic mass is 9.93. The fourth-order valence-corrected chi connectivity index (χ4v) is 6.38. The largest absolute Gasteiger partial charge is 0.389 e. The van der Waals surface area contributed by atoms with Crippen molar-refractivity contribution in [1.29, 1.82) is 0 Å². The normalized spacial score (nSPS) is 30.7. The van der Waals surface area contributed by atoms with Gasteiger partial charge >= 0.3 is 0 Å². The highest BCUT2D eigenvalue weighted by atomic mass is 16.5. The highest BCUT2D eigenvalue weighted by Gasteiger charge is 2.58. The summed E-state index contributed by atoms with van der Waals surface area (Å²) in [7, 11) is 0. The third-order valence-corrected chi connectivity index (χ3v) is 9.01. The van der Waals surface area contributed by atoms with Crippen LogP contribution in [0.15, 0.2) is 24.4 Å². The van der Waals surface area contributed by atoms with E-state index in [1.807, 2.05) is 12.3 Å². The van der Waals surface area contributed by atoms with Crippen LogP contribution in [0, 0.1) is 18.3 Å². The molecule has 1 unspecified atom stereocenters. The predicted molar refractivity (Wildman–Crippen MR) is 135 cm³/mol. The van der Waals surface area contributed by atoms with Crippen LogP contribution in [-0.2, 0) is 14.3 Å². The molecule has 3 atom stereocenters. The summed E-state index contributed by atoms with van der Waals surface area (Å²) in [6, 6.07) is 6.41. The Labute approximate surface area is 206 Å². The van der Waals surface area contributed by atoms with Crippen LogP contribution in [0.1, 0.15) is 31.7 Å². The number of nitrogens with zero attached hydrogens (tertiary/aromatic N) is 3. The molecule has 4 heterocycles. The Bertz CT molecular complexity index is 1130. The number of nitrogens with one attached hydrogen (secondary N) is 1. The number of hydrogen-bond acceptors (Lipinski definition) is 7. The van der Waals surface area contributed by atoms with Gasteiger partial charge < -0.3 is 24.8 Å². The first-order valence-corrected chi connectivity index (χ1v) is 12.9. The van der Waals surface area contributed by atoms with Gasteiger partial charge in [-0.25, -0.2) is 4.98 Å². The first-order chi connectivity index (χ1) is 16.9. The van der Waals surface area contributed by atoms with Crippen molar-refractivity contribution in [2.24, 2.45) is 11.3 Å². The molecular weight excluding hydrogens is 444 g/mol. The van der Waals surface area contributed by atoms with E-state index in [0.717, 1.165) is 69.4 Å². The van der Waals surface area contributed by atoms with E-state index in [2.05, 4.69) is 46.1 Å². The molecule has 0 radical (unpaired) electrons. The van der Waals surface area contributed by atoms with Gasteiger partial charge in [-0.1, -0.05) is 0 Å². The zero-order valence-corrected chi connectivity index (χ0v) is 20.8. The number of amides is 1. The quantitative estimate of drug-likeness (QED) is 0.696. The molecule has 3 aliphatic heterocycles. The van der Waals surface area contributed by atoms with Crippen LogP contribution < -0.4 is 10.2 Å². The van der Waals surface area contributed by atoms with Crippen molar-refractivity contribution in [2.45, 2.75) is 44.8 Å². The molecule has 2 N–H and O–H groups in total. The number of rotatable bonds is 4. The van der Waals surface area contributed by atoms with Crippen molar-refractivity contribution in [3.63, 3.8) is 0 Å². The van der Waals surface area contributed by atoms with Crippen LogP contribution in [0.2, 0.25) is 0 Å². The second-order valence-electron chi connectivity index (χ2n) is 11.1. The lowest BCUT2D eigenvalue weighted by Gasteiger charge is -2.45. The summed E-state index contributed by atoms with van der Waals surface area (Å²) in [5, 5.41) is 15.7. The van der Waals surface area contributed by atoms with Crippen LogP contribution in [0.25, 0.3) is 10.8 Å². The van der Waals surface area contributed by atoms with Crippen LogP contribution in [-0.4, -0.2) is 85.1 Å². The number of aromatic nitrogens is 1. The maximum absolute atomic E-state index is 12.9. The minimum absolute atomic E-state index is 0.0828. The van der Waals surface area contributed by atoms with Gasteiger partial charge in [0.25, 0.3) is 0 Å². The lowest BCUT2D eigenvalue weighted by molar-refractivity contribution is -0.118. The van der Waals surface area contributed by atoms with Crippen molar-refractivity contribution in [1.82, 2.24) is 9.88 Å². The van der Waals surface area contributed by atoms with Crippen molar-refractivity contribution in [2.75, 3.05) is 62.8 Å². The minimum Gasteiger partial charge on any atom is -0.389 e. The fraction of sp³-hybridized carbons (Fsp3) is 0.630. The van der Waals surface area contributed by atoms with E-state index in [-0.39, 0.29) is 22.8 Å². The SMILES string of the molecule is Cc1cc2cnc(NC(=O)C3CC34CCOCC4)cc2cc1N1CCN([C@@]2(C)COC[C@H]2O)CC1. The molecule has 3 saturated heterocycles. The topological polar surface area (TPSA) is 87.2 Å². The molecule has 8 nitrogen and oxygen atoms in total. The average molecular weight is 481 g/mol. The summed E-state index contributed by atoms with van der Waals surface area (Å²) in [4.78, 5) is 22.2. The van der Waals surface area contributed by atoms with E-state index in [1.54, 1.807) is 0 Å². The smallest absolute Gasteiger partial charge is 0.229 e. The Kier molecular flexibility index (Phi) is 5.75. The van der Waals surface area contributed by atoms with Gasteiger partial charge in [-0.05, 0) is 67.7 Å². The maximum Gasteiger partial charge on any atom is 0.229 e. The van der Waals surface area contributed by atoms with Crippen LogP contribution >= 0.6 is 0 Å². The van der Waals surface area contributed by atoms with Gasteiger partial charge in [-0.2, -0.15) is 0 Å². The number of hydrogen-bond donors (Lipinski definition) is 2. The van der Waals surface area contributed by atoms with Gasteiger partial charge in [0.05, 0.1) is 24.9 Å². The number of anilines is 2. The second kappa shape index (κ2) is 8.69. The van der Waals surface area contributed by atoms with E-state index < -0.39 is 6.10 Å². The molecule has 1 aromatic carbocycles. The first-order valence-electron chi connectivity index (χ1n) is 12.9. The molecule has 1 aromatic heterocycles. The Morgan fingerprint density at radius 3 is 2.60 bits per heavy atom. The molecule has 1 amide bonds. The van der Waals surface area contributed by atoms with Crippen molar-refractivity contribution in [3.8, 4) is 0 Å². The lowest BCUT2D eigenvalue weighted by Crippen LogP contribution is -2.60. The van der Waals surface area contributed by atoms with Gasteiger partial charge in [-0.3, -0.25) is 9.69 Å². The number of piperazine rings is 1. The summed E-state index contributed by atoms with van der Waals surface area (Å²) in [5.41, 5.74) is 2.30. The summed E-state index contributed by atoms with van der Waals surface area (Å²) >= 11 is 0.